The molecule has 0 aliphatic heterocycles. The van der Waals surface area contributed by atoms with Crippen LogP contribution in [-0.2, 0) is 0 Å². The Morgan fingerprint density at radius 1 is 1.38 bits per heavy atom. The number of hydrogen-bond acceptors (Lipinski definition) is 1. The molecule has 1 aromatic carbocycles. The summed E-state index contributed by atoms with van der Waals surface area (Å²) in [5.41, 5.74) is 3.52. The first-order valence-electron chi connectivity index (χ1n) is 4.35. The fraction of sp³-hybridized carbons (Fsp3) is 0.167. The Bertz CT molecular complexity index is 324. The lowest BCUT2D eigenvalue weighted by molar-refractivity contribution is 1.41. The predicted octanol–water partition coefficient (Wildman–Crippen LogP) is 3.50. The molecule has 0 saturated heterocycles. The first kappa shape index (κ1) is 9.59. The molecule has 0 bridgehead atoms. The molecule has 0 spiro atoms. The van der Waals surface area contributed by atoms with Gasteiger partial charge >= 0.3 is 0 Å². The second kappa shape index (κ2) is 4.51. The van der Waals surface area contributed by atoms with Gasteiger partial charge in [-0.2, -0.15) is 0 Å². The van der Waals surface area contributed by atoms with Crippen LogP contribution in [0.4, 0.5) is 5.69 Å². The molecule has 0 heterocycles. The molecule has 68 valence electrons. The van der Waals surface area contributed by atoms with Crippen LogP contribution < -0.4 is 5.32 Å². The number of anilines is 1. The summed E-state index contributed by atoms with van der Waals surface area (Å²) in [4.78, 5) is 0. The van der Waals surface area contributed by atoms with Crippen molar-refractivity contribution >= 4 is 5.69 Å². The molecule has 0 aliphatic carbocycles. The van der Waals surface area contributed by atoms with Gasteiger partial charge in [-0.05, 0) is 31.1 Å². The maximum absolute atomic E-state index is 3.69. The molecule has 1 N–H and O–H groups in total. The molecule has 1 nitrogen and oxygen atoms in total. The maximum atomic E-state index is 3.69. The van der Waals surface area contributed by atoms with Gasteiger partial charge in [0.1, 0.15) is 0 Å². The number of nitrogens with one attached hydrogen (secondary N) is 1. The third-order valence-electron chi connectivity index (χ3n) is 1.92. The number of hydrogen-bond donors (Lipinski definition) is 1. The van der Waals surface area contributed by atoms with E-state index >= 15 is 0 Å². The van der Waals surface area contributed by atoms with E-state index < -0.39 is 0 Å². The van der Waals surface area contributed by atoms with Gasteiger partial charge in [-0.25, -0.2) is 0 Å². The second-order valence-corrected chi connectivity index (χ2v) is 3.05. The van der Waals surface area contributed by atoms with E-state index in [9.17, 15) is 0 Å². The topological polar surface area (TPSA) is 12.0 Å². The molecule has 0 fully saturated rings. The molecule has 13 heavy (non-hydrogen) atoms. The fourth-order valence-corrected chi connectivity index (χ4v) is 0.985. The van der Waals surface area contributed by atoms with E-state index in [1.165, 1.54) is 5.56 Å². The zero-order chi connectivity index (χ0) is 9.68. The highest BCUT2D eigenvalue weighted by atomic mass is 14.8. The van der Waals surface area contributed by atoms with Crippen molar-refractivity contribution in [3.05, 3.63) is 54.3 Å². The standard InChI is InChI=1S/C12H15N/c1-4-10(2)9-13-12-8-6-5-7-11(12)3/h4-9,13H,1H2,2-3H3/b10-9-. The maximum Gasteiger partial charge on any atom is 0.0409 e. The summed E-state index contributed by atoms with van der Waals surface area (Å²) in [5.74, 6) is 0. The molecule has 1 aromatic rings. The molecule has 0 saturated carbocycles. The molecule has 1 heteroatoms. The van der Waals surface area contributed by atoms with E-state index in [-0.39, 0.29) is 0 Å². The minimum atomic E-state index is 1.13. The first-order valence-corrected chi connectivity index (χ1v) is 4.35. The van der Waals surface area contributed by atoms with Crippen LogP contribution in [0.1, 0.15) is 12.5 Å². The van der Waals surface area contributed by atoms with Crippen LogP contribution in [-0.4, -0.2) is 0 Å². The molecular formula is C12H15N. The normalized spacial score (nSPS) is 11.1. The minimum absolute atomic E-state index is 1.13. The third kappa shape index (κ3) is 2.79. The molecular weight excluding hydrogens is 158 g/mol. The SMILES string of the molecule is C=C/C(C)=C\Nc1ccccc1C. The Balaban J connectivity index is 2.75. The van der Waals surface area contributed by atoms with Crippen molar-refractivity contribution in [2.24, 2.45) is 0 Å². The molecule has 0 atom stereocenters. The van der Waals surface area contributed by atoms with E-state index in [1.54, 1.807) is 0 Å². The smallest absolute Gasteiger partial charge is 0.0409 e. The highest BCUT2D eigenvalue weighted by Crippen LogP contribution is 2.13. The van der Waals surface area contributed by atoms with Crippen molar-refractivity contribution in [1.82, 2.24) is 0 Å². The van der Waals surface area contributed by atoms with E-state index in [4.69, 9.17) is 0 Å². The number of aryl methyl sites for hydroxylation is 1. The highest BCUT2D eigenvalue weighted by Gasteiger charge is 1.91. The van der Waals surface area contributed by atoms with Crippen LogP contribution in [0.15, 0.2) is 48.7 Å². The third-order valence-corrected chi connectivity index (χ3v) is 1.92. The van der Waals surface area contributed by atoms with Crippen LogP contribution in [0, 0.1) is 6.92 Å². The summed E-state index contributed by atoms with van der Waals surface area (Å²) in [7, 11) is 0. The van der Waals surface area contributed by atoms with Gasteiger partial charge in [-0.15, -0.1) is 0 Å². The highest BCUT2D eigenvalue weighted by molar-refractivity contribution is 5.52. The summed E-state index contributed by atoms with van der Waals surface area (Å²) in [6.07, 6.45) is 3.78. The average Bonchev–Trinajstić information content (AvgIpc) is 2.16. The molecule has 0 amide bonds. The van der Waals surface area contributed by atoms with Gasteiger partial charge in [0.2, 0.25) is 0 Å². The van der Waals surface area contributed by atoms with Crippen LogP contribution >= 0.6 is 0 Å². The van der Waals surface area contributed by atoms with Crippen molar-refractivity contribution in [3.8, 4) is 0 Å². The lowest BCUT2D eigenvalue weighted by Gasteiger charge is -2.04. The van der Waals surface area contributed by atoms with Gasteiger partial charge < -0.3 is 5.32 Å². The summed E-state index contributed by atoms with van der Waals surface area (Å²) < 4.78 is 0. The molecule has 0 radical (unpaired) electrons. The fourth-order valence-electron chi connectivity index (χ4n) is 0.985. The van der Waals surface area contributed by atoms with Gasteiger partial charge in [-0.1, -0.05) is 30.9 Å². The molecule has 0 aliphatic rings. The zero-order valence-corrected chi connectivity index (χ0v) is 8.17. The Hall–Kier alpha value is -1.50. The Morgan fingerprint density at radius 2 is 2.08 bits per heavy atom. The van der Waals surface area contributed by atoms with Gasteiger partial charge in [0, 0.05) is 11.9 Å². The van der Waals surface area contributed by atoms with E-state index in [0.29, 0.717) is 0 Å². The van der Waals surface area contributed by atoms with Crippen LogP contribution in [0.3, 0.4) is 0 Å². The monoisotopic (exact) mass is 173 g/mol. The Labute approximate surface area is 79.8 Å². The number of allylic oxidation sites excluding steroid dienone is 2. The molecule has 1 rings (SSSR count). The molecule has 0 unspecified atom stereocenters. The van der Waals surface area contributed by atoms with Crippen LogP contribution in [0.5, 0.6) is 0 Å². The van der Waals surface area contributed by atoms with E-state index in [1.807, 2.05) is 31.3 Å². The summed E-state index contributed by atoms with van der Waals surface area (Å²) in [6.45, 7) is 7.78. The van der Waals surface area contributed by atoms with Crippen molar-refractivity contribution in [2.45, 2.75) is 13.8 Å². The van der Waals surface area contributed by atoms with Crippen LogP contribution in [0.2, 0.25) is 0 Å². The van der Waals surface area contributed by atoms with Gasteiger partial charge in [-0.3, -0.25) is 0 Å². The lowest BCUT2D eigenvalue weighted by atomic mass is 10.2. The van der Waals surface area contributed by atoms with Gasteiger partial charge in [0.25, 0.3) is 0 Å². The van der Waals surface area contributed by atoms with Crippen molar-refractivity contribution < 1.29 is 0 Å². The number of para-hydroxylation sites is 1. The van der Waals surface area contributed by atoms with Gasteiger partial charge in [0.05, 0.1) is 0 Å². The lowest BCUT2D eigenvalue weighted by Crippen LogP contribution is -1.91. The minimum Gasteiger partial charge on any atom is -0.361 e. The van der Waals surface area contributed by atoms with E-state index in [2.05, 4.69) is 31.0 Å². The van der Waals surface area contributed by atoms with Crippen molar-refractivity contribution in [1.29, 1.82) is 0 Å². The Morgan fingerprint density at radius 3 is 2.69 bits per heavy atom. The largest absolute Gasteiger partial charge is 0.361 e. The van der Waals surface area contributed by atoms with Gasteiger partial charge in [0.15, 0.2) is 0 Å². The quantitative estimate of drug-likeness (QED) is 0.690. The second-order valence-electron chi connectivity index (χ2n) is 3.05. The van der Waals surface area contributed by atoms with Crippen molar-refractivity contribution in [2.75, 3.05) is 5.32 Å². The summed E-state index contributed by atoms with van der Waals surface area (Å²) in [6, 6.07) is 8.19. The summed E-state index contributed by atoms with van der Waals surface area (Å²) >= 11 is 0. The molecule has 0 aromatic heterocycles. The zero-order valence-electron chi connectivity index (χ0n) is 8.17. The van der Waals surface area contributed by atoms with Crippen molar-refractivity contribution in [3.63, 3.8) is 0 Å². The predicted molar refractivity (Wildman–Crippen MR) is 58.8 cm³/mol. The number of benzene rings is 1. The average molecular weight is 173 g/mol. The first-order chi connectivity index (χ1) is 6.24. The Kier molecular flexibility index (Phi) is 3.32. The summed E-state index contributed by atoms with van der Waals surface area (Å²) in [5, 5.41) is 3.23. The van der Waals surface area contributed by atoms with Crippen LogP contribution in [0.25, 0.3) is 0 Å². The number of rotatable bonds is 3. The van der Waals surface area contributed by atoms with E-state index in [0.717, 1.165) is 11.3 Å².